The van der Waals surface area contributed by atoms with E-state index in [1.165, 1.54) is 12.3 Å². The third-order valence-electron chi connectivity index (χ3n) is 4.90. The highest BCUT2D eigenvalue weighted by Gasteiger charge is 2.41. The van der Waals surface area contributed by atoms with Gasteiger partial charge in [0.15, 0.2) is 5.79 Å². The molecule has 4 rings (SSSR count). The summed E-state index contributed by atoms with van der Waals surface area (Å²) in [4.78, 5) is 31.1. The van der Waals surface area contributed by atoms with Gasteiger partial charge in [-0.15, -0.1) is 0 Å². The number of aromatic nitrogens is 1. The standard InChI is InChI=1S/C20H21N3O4/c24-18(22-16-4-2-1-3-5-16)15-6-9-21-17(14-15)19(25)23-10-7-20(8-11-23)26-12-13-27-20/h1-6,9,14H,7-8,10-13H2,(H,22,24). The van der Waals surface area contributed by atoms with Gasteiger partial charge in [-0.05, 0) is 24.3 Å². The van der Waals surface area contributed by atoms with E-state index in [-0.39, 0.29) is 17.5 Å². The van der Waals surface area contributed by atoms with Crippen LogP contribution in [-0.4, -0.2) is 53.8 Å². The maximum Gasteiger partial charge on any atom is 0.272 e. The number of hydrogen-bond donors (Lipinski definition) is 1. The Morgan fingerprint density at radius 2 is 1.74 bits per heavy atom. The molecule has 3 heterocycles. The van der Waals surface area contributed by atoms with E-state index < -0.39 is 5.79 Å². The van der Waals surface area contributed by atoms with E-state index >= 15 is 0 Å². The average molecular weight is 367 g/mol. The van der Waals surface area contributed by atoms with Crippen LogP contribution in [0.3, 0.4) is 0 Å². The van der Waals surface area contributed by atoms with Gasteiger partial charge in [-0.1, -0.05) is 18.2 Å². The Hall–Kier alpha value is -2.77. The number of anilines is 1. The van der Waals surface area contributed by atoms with Gasteiger partial charge in [0.2, 0.25) is 0 Å². The van der Waals surface area contributed by atoms with E-state index in [1.807, 2.05) is 30.3 Å². The van der Waals surface area contributed by atoms with E-state index in [4.69, 9.17) is 9.47 Å². The first-order valence-electron chi connectivity index (χ1n) is 9.05. The molecule has 1 aromatic carbocycles. The predicted octanol–water partition coefficient (Wildman–Crippen LogP) is 2.31. The normalized spacial score (nSPS) is 18.4. The largest absolute Gasteiger partial charge is 0.347 e. The molecule has 0 radical (unpaired) electrons. The van der Waals surface area contributed by atoms with E-state index in [9.17, 15) is 9.59 Å². The summed E-state index contributed by atoms with van der Waals surface area (Å²) in [6.45, 7) is 2.30. The van der Waals surface area contributed by atoms with E-state index in [1.54, 1.807) is 11.0 Å². The number of nitrogens with zero attached hydrogens (tertiary/aromatic N) is 2. The van der Waals surface area contributed by atoms with Crippen molar-refractivity contribution in [3.05, 3.63) is 59.9 Å². The van der Waals surface area contributed by atoms with E-state index in [0.29, 0.717) is 50.4 Å². The molecule has 27 heavy (non-hydrogen) atoms. The molecule has 0 saturated carbocycles. The zero-order valence-corrected chi connectivity index (χ0v) is 14.9. The molecule has 140 valence electrons. The number of benzene rings is 1. The highest BCUT2D eigenvalue weighted by Crippen LogP contribution is 2.31. The summed E-state index contributed by atoms with van der Waals surface area (Å²) in [6.07, 6.45) is 2.78. The molecule has 1 spiro atoms. The number of carbonyl (C=O) groups excluding carboxylic acids is 2. The third kappa shape index (κ3) is 3.84. The maximum absolute atomic E-state index is 12.8. The number of likely N-dealkylation sites (tertiary alicyclic amines) is 1. The monoisotopic (exact) mass is 367 g/mol. The molecule has 1 aromatic heterocycles. The molecule has 2 aliphatic heterocycles. The summed E-state index contributed by atoms with van der Waals surface area (Å²) < 4.78 is 11.4. The van der Waals surface area contributed by atoms with E-state index in [0.717, 1.165) is 0 Å². The Balaban J connectivity index is 1.42. The Morgan fingerprint density at radius 1 is 1.04 bits per heavy atom. The molecule has 2 aliphatic rings. The number of para-hydroxylation sites is 1. The van der Waals surface area contributed by atoms with Gasteiger partial charge < -0.3 is 19.7 Å². The Kier molecular flexibility index (Phi) is 4.87. The molecular weight excluding hydrogens is 346 g/mol. The molecule has 2 saturated heterocycles. The van der Waals surface area contributed by atoms with Crippen molar-refractivity contribution in [1.29, 1.82) is 0 Å². The molecule has 2 fully saturated rings. The fourth-order valence-electron chi connectivity index (χ4n) is 3.41. The molecule has 0 unspecified atom stereocenters. The first-order valence-corrected chi connectivity index (χ1v) is 9.05. The number of rotatable bonds is 3. The number of pyridine rings is 1. The van der Waals surface area contributed by atoms with Crippen LogP contribution in [-0.2, 0) is 9.47 Å². The third-order valence-corrected chi connectivity index (χ3v) is 4.90. The summed E-state index contributed by atoms with van der Waals surface area (Å²) >= 11 is 0. The van der Waals surface area contributed by atoms with Crippen molar-refractivity contribution >= 4 is 17.5 Å². The molecule has 0 bridgehead atoms. The van der Waals surface area contributed by atoms with E-state index in [2.05, 4.69) is 10.3 Å². The molecule has 0 atom stereocenters. The van der Waals surface area contributed by atoms with Crippen LogP contribution in [0.1, 0.15) is 33.7 Å². The minimum atomic E-state index is -0.526. The predicted molar refractivity (Wildman–Crippen MR) is 98.4 cm³/mol. The number of piperidine rings is 1. The zero-order valence-electron chi connectivity index (χ0n) is 14.9. The minimum absolute atomic E-state index is 0.183. The smallest absolute Gasteiger partial charge is 0.272 e. The summed E-state index contributed by atoms with van der Waals surface area (Å²) in [7, 11) is 0. The quantitative estimate of drug-likeness (QED) is 0.900. The van der Waals surface area contributed by atoms with Crippen molar-refractivity contribution in [1.82, 2.24) is 9.88 Å². The van der Waals surface area contributed by atoms with Crippen molar-refractivity contribution < 1.29 is 19.1 Å². The van der Waals surface area contributed by atoms with Gasteiger partial charge in [-0.25, -0.2) is 0 Å². The van der Waals surface area contributed by atoms with Gasteiger partial charge in [0.05, 0.1) is 13.2 Å². The number of carbonyl (C=O) groups is 2. The van der Waals surface area contributed by atoms with Gasteiger partial charge in [-0.2, -0.15) is 0 Å². The Labute approximate surface area is 157 Å². The van der Waals surface area contributed by atoms with Crippen molar-refractivity contribution in [3.63, 3.8) is 0 Å². The van der Waals surface area contributed by atoms with Gasteiger partial charge >= 0.3 is 0 Å². The van der Waals surface area contributed by atoms with Crippen LogP contribution >= 0.6 is 0 Å². The number of nitrogens with one attached hydrogen (secondary N) is 1. The first-order chi connectivity index (χ1) is 13.2. The van der Waals surface area contributed by atoms with Crippen LogP contribution in [0.15, 0.2) is 48.7 Å². The lowest BCUT2D eigenvalue weighted by atomic mass is 10.0. The molecule has 1 N–H and O–H groups in total. The van der Waals surface area contributed by atoms with Crippen molar-refractivity contribution in [2.75, 3.05) is 31.6 Å². The van der Waals surface area contributed by atoms with Gasteiger partial charge in [0.25, 0.3) is 11.8 Å². The van der Waals surface area contributed by atoms with Gasteiger partial charge in [0, 0.05) is 43.4 Å². The second-order valence-electron chi connectivity index (χ2n) is 6.65. The molecule has 0 aliphatic carbocycles. The summed E-state index contributed by atoms with van der Waals surface area (Å²) in [5.41, 5.74) is 1.36. The average Bonchev–Trinajstić information content (AvgIpc) is 3.17. The SMILES string of the molecule is O=C(Nc1ccccc1)c1ccnc(C(=O)N2CCC3(CC2)OCCO3)c1. The lowest BCUT2D eigenvalue weighted by molar-refractivity contribution is -0.181. The highest BCUT2D eigenvalue weighted by atomic mass is 16.7. The van der Waals surface area contributed by atoms with Crippen molar-refractivity contribution in [3.8, 4) is 0 Å². The molecular formula is C20H21N3O4. The molecule has 2 aromatic rings. The van der Waals surface area contributed by atoms with Crippen molar-refractivity contribution in [2.45, 2.75) is 18.6 Å². The fourth-order valence-corrected chi connectivity index (χ4v) is 3.41. The number of amides is 2. The Bertz CT molecular complexity index is 824. The topological polar surface area (TPSA) is 80.8 Å². The fraction of sp³-hybridized carbons (Fsp3) is 0.350. The zero-order chi connectivity index (χ0) is 18.7. The van der Waals surface area contributed by atoms with Crippen LogP contribution in [0.2, 0.25) is 0 Å². The number of ether oxygens (including phenoxy) is 2. The Morgan fingerprint density at radius 3 is 2.44 bits per heavy atom. The highest BCUT2D eigenvalue weighted by molar-refractivity contribution is 6.05. The second kappa shape index (κ2) is 7.46. The summed E-state index contributed by atoms with van der Waals surface area (Å²) in [5, 5.41) is 2.81. The van der Waals surface area contributed by atoms with Gasteiger partial charge in [0.1, 0.15) is 5.69 Å². The van der Waals surface area contributed by atoms with Crippen LogP contribution in [0.4, 0.5) is 5.69 Å². The van der Waals surface area contributed by atoms with Crippen LogP contribution < -0.4 is 5.32 Å². The van der Waals surface area contributed by atoms with Crippen LogP contribution in [0.5, 0.6) is 0 Å². The second-order valence-corrected chi connectivity index (χ2v) is 6.65. The lowest BCUT2D eigenvalue weighted by Gasteiger charge is -2.37. The molecule has 2 amide bonds. The summed E-state index contributed by atoms with van der Waals surface area (Å²) in [5.74, 6) is -0.984. The summed E-state index contributed by atoms with van der Waals surface area (Å²) in [6, 6.07) is 12.3. The molecule has 7 heteroatoms. The maximum atomic E-state index is 12.8. The van der Waals surface area contributed by atoms with Crippen LogP contribution in [0, 0.1) is 0 Å². The minimum Gasteiger partial charge on any atom is -0.347 e. The van der Waals surface area contributed by atoms with Crippen molar-refractivity contribution in [2.24, 2.45) is 0 Å². The first kappa shape index (κ1) is 17.6. The molecule has 7 nitrogen and oxygen atoms in total. The van der Waals surface area contributed by atoms with Gasteiger partial charge in [-0.3, -0.25) is 14.6 Å². The van der Waals surface area contributed by atoms with Crippen LogP contribution in [0.25, 0.3) is 0 Å². The number of hydrogen-bond acceptors (Lipinski definition) is 5. The lowest BCUT2D eigenvalue weighted by Crippen LogP contribution is -2.47.